The summed E-state index contributed by atoms with van der Waals surface area (Å²) in [4.78, 5) is 19.5. The molecule has 5 nitrogen and oxygen atoms in total. The molecule has 1 heterocycles. The average molecular weight is 334 g/mol. The van der Waals surface area contributed by atoms with Crippen LogP contribution in [0.4, 0.5) is 0 Å². The maximum Gasteiger partial charge on any atom is 0.274 e. The number of methoxy groups -OCH3 is 2. The van der Waals surface area contributed by atoms with E-state index in [2.05, 4.69) is 9.97 Å². The number of hydrogen-bond donors (Lipinski definition) is 1. The Morgan fingerprint density at radius 1 is 0.880 bits per heavy atom. The van der Waals surface area contributed by atoms with Gasteiger partial charge in [-0.3, -0.25) is 4.79 Å². The fraction of sp³-hybridized carbons (Fsp3) is 0.100. The van der Waals surface area contributed by atoms with E-state index in [9.17, 15) is 4.79 Å². The van der Waals surface area contributed by atoms with Crippen LogP contribution in [0.5, 0.6) is 11.6 Å². The monoisotopic (exact) mass is 334 g/mol. The number of aromatic nitrogens is 2. The number of hydrogen-bond acceptors (Lipinski definition) is 4. The Kier molecular flexibility index (Phi) is 4.95. The van der Waals surface area contributed by atoms with Gasteiger partial charge in [-0.05, 0) is 35.4 Å². The first kappa shape index (κ1) is 16.5. The minimum Gasteiger partial charge on any atom is -0.497 e. The lowest BCUT2D eigenvalue weighted by molar-refractivity contribution is 0.389. The van der Waals surface area contributed by atoms with E-state index < -0.39 is 0 Å². The first-order valence-corrected chi connectivity index (χ1v) is 7.76. The summed E-state index contributed by atoms with van der Waals surface area (Å²) in [5.41, 5.74) is 1.52. The molecule has 0 spiro atoms. The third-order valence-corrected chi connectivity index (χ3v) is 3.66. The molecule has 1 N–H and O–H groups in total. The number of H-pyrrole nitrogens is 1. The molecule has 0 saturated heterocycles. The highest BCUT2D eigenvalue weighted by Crippen LogP contribution is 2.11. The van der Waals surface area contributed by atoms with Gasteiger partial charge in [0.2, 0.25) is 5.88 Å². The Morgan fingerprint density at radius 3 is 2.20 bits per heavy atom. The molecule has 0 aliphatic rings. The van der Waals surface area contributed by atoms with E-state index in [-0.39, 0.29) is 10.9 Å². The van der Waals surface area contributed by atoms with Crippen LogP contribution in [0.2, 0.25) is 0 Å². The van der Waals surface area contributed by atoms with Crippen molar-refractivity contribution in [2.24, 2.45) is 0 Å². The molecule has 0 bridgehead atoms. The van der Waals surface area contributed by atoms with Gasteiger partial charge in [-0.15, -0.1) is 0 Å². The summed E-state index contributed by atoms with van der Waals surface area (Å²) in [6, 6.07) is 17.0. The number of ether oxygens (including phenoxy) is 2. The number of nitrogens with one attached hydrogen (secondary N) is 1. The van der Waals surface area contributed by atoms with Crippen LogP contribution in [0.25, 0.3) is 12.2 Å². The van der Waals surface area contributed by atoms with Crippen molar-refractivity contribution in [3.05, 3.63) is 86.8 Å². The lowest BCUT2D eigenvalue weighted by Crippen LogP contribution is -2.37. The molecule has 3 aromatic rings. The maximum absolute atomic E-state index is 12.4. The minimum atomic E-state index is -0.279. The molecule has 126 valence electrons. The summed E-state index contributed by atoms with van der Waals surface area (Å²) < 4.78 is 10.5. The van der Waals surface area contributed by atoms with Crippen molar-refractivity contribution in [1.82, 2.24) is 9.97 Å². The number of nitrogens with zero attached hydrogens (tertiary/aromatic N) is 1. The van der Waals surface area contributed by atoms with Crippen LogP contribution in [0.1, 0.15) is 11.1 Å². The van der Waals surface area contributed by atoms with E-state index in [1.54, 1.807) is 13.2 Å². The molecule has 0 amide bonds. The van der Waals surface area contributed by atoms with Gasteiger partial charge in [0.15, 0.2) is 0 Å². The molecule has 2 aromatic carbocycles. The van der Waals surface area contributed by atoms with Crippen molar-refractivity contribution in [3.63, 3.8) is 0 Å². The van der Waals surface area contributed by atoms with Crippen LogP contribution in [-0.4, -0.2) is 24.2 Å². The summed E-state index contributed by atoms with van der Waals surface area (Å²) in [6.07, 6.45) is 3.53. The third kappa shape index (κ3) is 3.95. The Morgan fingerprint density at radius 2 is 1.56 bits per heavy atom. The number of benzene rings is 2. The normalized spacial score (nSPS) is 12.2. The second-order valence-corrected chi connectivity index (χ2v) is 5.35. The van der Waals surface area contributed by atoms with Gasteiger partial charge < -0.3 is 14.5 Å². The van der Waals surface area contributed by atoms with Gasteiger partial charge >= 0.3 is 0 Å². The Balaban J connectivity index is 2.09. The molecule has 1 aromatic heterocycles. The van der Waals surface area contributed by atoms with Crippen LogP contribution in [0.15, 0.2) is 59.4 Å². The summed E-state index contributed by atoms with van der Waals surface area (Å²) in [5.74, 6) is 1.12. The van der Waals surface area contributed by atoms with Gasteiger partial charge in [-0.25, -0.2) is 4.98 Å². The highest BCUT2D eigenvalue weighted by atomic mass is 16.5. The second kappa shape index (κ2) is 7.49. The lowest BCUT2D eigenvalue weighted by atomic mass is 10.2. The SMILES string of the molecule is COc1ccc(/C=c2/nc(OC)/c(=C/c3ccccc3)[nH]c2=O)cc1. The Hall–Kier alpha value is -3.34. The zero-order valence-corrected chi connectivity index (χ0v) is 14.0. The van der Waals surface area contributed by atoms with E-state index in [1.165, 1.54) is 7.11 Å². The van der Waals surface area contributed by atoms with Crippen molar-refractivity contribution >= 4 is 12.2 Å². The predicted octanol–water partition coefficient (Wildman–Crippen LogP) is 1.44. The standard InChI is InChI=1S/C20H18N2O3/c1-24-16-10-8-15(9-11-16)12-17-19(23)21-18(20(22-17)25-2)13-14-6-4-3-5-7-14/h3-13H,1-2H3,(H,21,23)/b17-12+,18-13-. The second-order valence-electron chi connectivity index (χ2n) is 5.35. The molecule has 0 unspecified atom stereocenters. The van der Waals surface area contributed by atoms with Gasteiger partial charge in [-0.2, -0.15) is 0 Å². The zero-order valence-electron chi connectivity index (χ0n) is 14.0. The molecule has 0 aliphatic carbocycles. The molecule has 0 radical (unpaired) electrons. The summed E-state index contributed by atoms with van der Waals surface area (Å²) in [5, 5.41) is 0.817. The van der Waals surface area contributed by atoms with Crippen LogP contribution >= 0.6 is 0 Å². The van der Waals surface area contributed by atoms with Crippen molar-refractivity contribution < 1.29 is 9.47 Å². The fourth-order valence-corrected chi connectivity index (χ4v) is 2.39. The topological polar surface area (TPSA) is 64.2 Å². The molecule has 0 aliphatic heterocycles. The Bertz CT molecular complexity index is 1020. The third-order valence-electron chi connectivity index (χ3n) is 3.66. The molecule has 5 heteroatoms. The zero-order chi connectivity index (χ0) is 17.6. The number of rotatable bonds is 4. The van der Waals surface area contributed by atoms with Gasteiger partial charge in [0.1, 0.15) is 16.4 Å². The summed E-state index contributed by atoms with van der Waals surface area (Å²) in [6.45, 7) is 0. The quantitative estimate of drug-likeness (QED) is 0.784. The van der Waals surface area contributed by atoms with Crippen LogP contribution in [0.3, 0.4) is 0 Å². The van der Waals surface area contributed by atoms with Crippen molar-refractivity contribution in [2.45, 2.75) is 0 Å². The van der Waals surface area contributed by atoms with E-state index in [0.29, 0.717) is 11.2 Å². The molecule has 0 fully saturated rings. The molecule has 0 saturated carbocycles. The molecular formula is C20H18N2O3. The highest BCUT2D eigenvalue weighted by Gasteiger charge is 2.02. The van der Waals surface area contributed by atoms with Crippen molar-refractivity contribution in [2.75, 3.05) is 14.2 Å². The molecule has 0 atom stereocenters. The van der Waals surface area contributed by atoms with Gasteiger partial charge in [0, 0.05) is 0 Å². The van der Waals surface area contributed by atoms with Crippen molar-refractivity contribution in [3.8, 4) is 11.6 Å². The predicted molar refractivity (Wildman–Crippen MR) is 97.2 cm³/mol. The van der Waals surface area contributed by atoms with E-state index in [0.717, 1.165) is 16.9 Å². The summed E-state index contributed by atoms with van der Waals surface area (Å²) in [7, 11) is 3.14. The van der Waals surface area contributed by atoms with Gasteiger partial charge in [0.05, 0.1) is 14.2 Å². The van der Waals surface area contributed by atoms with Gasteiger partial charge in [0.25, 0.3) is 5.56 Å². The average Bonchev–Trinajstić information content (AvgIpc) is 2.65. The van der Waals surface area contributed by atoms with Gasteiger partial charge in [-0.1, -0.05) is 42.5 Å². The van der Waals surface area contributed by atoms with Crippen LogP contribution in [0, 0.1) is 0 Å². The smallest absolute Gasteiger partial charge is 0.274 e. The van der Waals surface area contributed by atoms with Crippen molar-refractivity contribution in [1.29, 1.82) is 0 Å². The molecule has 3 rings (SSSR count). The van der Waals surface area contributed by atoms with E-state index in [4.69, 9.17) is 9.47 Å². The molecule has 25 heavy (non-hydrogen) atoms. The Labute approximate surface area is 144 Å². The first-order chi connectivity index (χ1) is 12.2. The van der Waals surface area contributed by atoms with E-state index >= 15 is 0 Å². The summed E-state index contributed by atoms with van der Waals surface area (Å²) >= 11 is 0. The lowest BCUT2D eigenvalue weighted by Gasteiger charge is -2.01. The molecular weight excluding hydrogens is 316 g/mol. The maximum atomic E-state index is 12.4. The van der Waals surface area contributed by atoms with Crippen LogP contribution in [-0.2, 0) is 0 Å². The fourth-order valence-electron chi connectivity index (χ4n) is 2.39. The minimum absolute atomic E-state index is 0.279. The first-order valence-electron chi connectivity index (χ1n) is 7.76. The number of aromatic amines is 1. The van der Waals surface area contributed by atoms with Crippen LogP contribution < -0.4 is 25.7 Å². The van der Waals surface area contributed by atoms with E-state index in [1.807, 2.05) is 60.7 Å². The highest BCUT2D eigenvalue weighted by molar-refractivity contribution is 5.51. The largest absolute Gasteiger partial charge is 0.497 e.